The topological polar surface area (TPSA) is 161 Å². The smallest absolute Gasteiger partial charge is 0.417 e. The molecule has 1 aliphatic rings. The quantitative estimate of drug-likeness (QED) is 0.432. The van der Waals surface area contributed by atoms with Crippen molar-refractivity contribution >= 4 is 5.69 Å². The second kappa shape index (κ2) is 8.91. The fourth-order valence-electron chi connectivity index (χ4n) is 3.60. The first kappa shape index (κ1) is 24.6. The molecule has 1 atom stereocenters. The fraction of sp³-hybridized carbons (Fsp3) is 0.300. The van der Waals surface area contributed by atoms with Gasteiger partial charge in [-0.15, -0.1) is 0 Å². The normalized spacial score (nSPS) is 17.1. The maximum absolute atomic E-state index is 14.7. The Labute approximate surface area is 196 Å². The van der Waals surface area contributed by atoms with Crippen molar-refractivity contribution in [2.45, 2.75) is 12.1 Å². The third-order valence-electron chi connectivity index (χ3n) is 5.40. The minimum absolute atomic E-state index is 0.105. The van der Waals surface area contributed by atoms with Gasteiger partial charge in [0, 0.05) is 25.0 Å². The number of nitrogens with one attached hydrogen (secondary N) is 3. The van der Waals surface area contributed by atoms with Crippen molar-refractivity contribution in [3.63, 3.8) is 0 Å². The lowest BCUT2D eigenvalue weighted by molar-refractivity contribution is -0.138. The van der Waals surface area contributed by atoms with Gasteiger partial charge in [-0.1, -0.05) is 0 Å². The van der Waals surface area contributed by atoms with E-state index in [0.717, 1.165) is 17.2 Å². The van der Waals surface area contributed by atoms with Crippen LogP contribution < -0.4 is 26.4 Å². The molecule has 36 heavy (non-hydrogen) atoms. The average molecular weight is 511 g/mol. The van der Waals surface area contributed by atoms with E-state index in [9.17, 15) is 36.3 Å². The molecule has 0 amide bonds. The molecule has 11 nitrogen and oxygen atoms in total. The van der Waals surface area contributed by atoms with Gasteiger partial charge < -0.3 is 14.6 Å². The van der Waals surface area contributed by atoms with Gasteiger partial charge in [-0.3, -0.25) is 14.6 Å². The summed E-state index contributed by atoms with van der Waals surface area (Å²) in [5, 5.41) is 14.6. The Bertz CT molecular complexity index is 1520. The molecule has 3 aromatic rings. The van der Waals surface area contributed by atoms with E-state index in [4.69, 9.17) is 10.00 Å². The Morgan fingerprint density at radius 3 is 2.64 bits per heavy atom. The molecule has 1 fully saturated rings. The molecule has 4 heterocycles. The van der Waals surface area contributed by atoms with Crippen LogP contribution in [0.1, 0.15) is 11.1 Å². The predicted octanol–water partition coefficient (Wildman–Crippen LogP) is 1.25. The summed E-state index contributed by atoms with van der Waals surface area (Å²) in [6.07, 6.45) is -3.21. The zero-order valence-electron chi connectivity index (χ0n) is 17.8. The van der Waals surface area contributed by atoms with Crippen molar-refractivity contribution < 1.29 is 26.7 Å². The number of ether oxygens (including phenoxy) is 1. The highest BCUT2D eigenvalue weighted by molar-refractivity contribution is 5.62. The predicted molar refractivity (Wildman–Crippen MR) is 112 cm³/mol. The van der Waals surface area contributed by atoms with Crippen molar-refractivity contribution in [2.24, 2.45) is 5.92 Å². The number of aromatic amines is 3. The van der Waals surface area contributed by atoms with Gasteiger partial charge in [-0.25, -0.2) is 23.7 Å². The number of halogens is 5. The van der Waals surface area contributed by atoms with Gasteiger partial charge in [-0.05, 0) is 6.07 Å². The third kappa shape index (κ3) is 4.80. The van der Waals surface area contributed by atoms with Gasteiger partial charge in [0.05, 0.1) is 34.8 Å². The second-order valence-electron chi connectivity index (χ2n) is 7.78. The highest BCUT2D eigenvalue weighted by atomic mass is 19.4. The molecule has 1 aliphatic heterocycles. The van der Waals surface area contributed by atoms with Crippen LogP contribution in [-0.4, -0.2) is 50.8 Å². The van der Waals surface area contributed by atoms with Gasteiger partial charge in [0.15, 0.2) is 0 Å². The average Bonchev–Trinajstić information content (AvgIpc) is 3.11. The maximum Gasteiger partial charge on any atom is 0.417 e. The number of rotatable bonds is 5. The van der Waals surface area contributed by atoms with Crippen LogP contribution in [0.4, 0.5) is 27.6 Å². The zero-order valence-corrected chi connectivity index (χ0v) is 17.8. The summed E-state index contributed by atoms with van der Waals surface area (Å²) in [7, 11) is 0. The van der Waals surface area contributed by atoms with Crippen molar-refractivity contribution in [1.29, 1.82) is 5.26 Å². The standard InChI is InChI=1S/C20H14F5N7O4/c21-19(22)8-32(14-2-13(30-31-17(14)34)11-5-28-18(35)29-16(11)33)6-10(19)7-36-15-1-12(20(23,24)25)9(3-26)4-27-15/h1-2,4-5,10H,6-8H2,(H,31,34)(H2,28,29,33,35). The number of H-pyrrole nitrogens is 3. The van der Waals surface area contributed by atoms with E-state index in [1.54, 1.807) is 0 Å². The van der Waals surface area contributed by atoms with Gasteiger partial charge >= 0.3 is 11.9 Å². The number of pyridine rings is 1. The van der Waals surface area contributed by atoms with E-state index < -0.39 is 71.5 Å². The second-order valence-corrected chi connectivity index (χ2v) is 7.78. The molecular weight excluding hydrogens is 497 g/mol. The number of anilines is 1. The maximum atomic E-state index is 14.7. The fourth-order valence-corrected chi connectivity index (χ4v) is 3.60. The van der Waals surface area contributed by atoms with Crippen molar-refractivity contribution in [1.82, 2.24) is 25.1 Å². The Morgan fingerprint density at radius 2 is 1.97 bits per heavy atom. The third-order valence-corrected chi connectivity index (χ3v) is 5.40. The monoisotopic (exact) mass is 511 g/mol. The largest absolute Gasteiger partial charge is 0.477 e. The van der Waals surface area contributed by atoms with Gasteiger partial charge in [0.2, 0.25) is 5.88 Å². The summed E-state index contributed by atoms with van der Waals surface area (Å²) in [5.74, 6) is -5.56. The zero-order chi connectivity index (χ0) is 26.3. The molecule has 0 saturated carbocycles. The molecule has 0 aliphatic carbocycles. The molecule has 4 rings (SSSR count). The summed E-state index contributed by atoms with van der Waals surface area (Å²) in [6, 6.07) is 2.90. The van der Waals surface area contributed by atoms with Crippen molar-refractivity contribution in [3.8, 4) is 23.2 Å². The van der Waals surface area contributed by atoms with Gasteiger partial charge in [0.25, 0.3) is 17.0 Å². The van der Waals surface area contributed by atoms with Crippen molar-refractivity contribution in [3.05, 3.63) is 66.8 Å². The Balaban J connectivity index is 1.56. The van der Waals surface area contributed by atoms with Crippen LogP contribution in [0.2, 0.25) is 0 Å². The number of hydrogen-bond donors (Lipinski definition) is 3. The number of hydrogen-bond acceptors (Lipinski definition) is 8. The summed E-state index contributed by atoms with van der Waals surface area (Å²) < 4.78 is 73.9. The molecule has 0 bridgehead atoms. The highest BCUT2D eigenvalue weighted by Crippen LogP contribution is 2.37. The molecule has 188 valence electrons. The first-order valence-corrected chi connectivity index (χ1v) is 10.0. The van der Waals surface area contributed by atoms with E-state index in [2.05, 4.69) is 20.2 Å². The first-order chi connectivity index (χ1) is 16.9. The number of aromatic nitrogens is 5. The van der Waals surface area contributed by atoms with E-state index in [-0.39, 0.29) is 16.9 Å². The van der Waals surface area contributed by atoms with Crippen molar-refractivity contribution in [2.75, 3.05) is 24.6 Å². The minimum Gasteiger partial charge on any atom is -0.477 e. The summed E-state index contributed by atoms with van der Waals surface area (Å²) in [5.41, 5.74) is -4.99. The summed E-state index contributed by atoms with van der Waals surface area (Å²) in [4.78, 5) is 44.3. The molecular formula is C20H14F5N7O4. The summed E-state index contributed by atoms with van der Waals surface area (Å²) >= 11 is 0. The van der Waals surface area contributed by atoms with Crippen LogP contribution >= 0.6 is 0 Å². The van der Waals surface area contributed by atoms with E-state index >= 15 is 0 Å². The SMILES string of the molecule is N#Cc1cnc(OCC2CN(c3cc(-c4c[nH]c(=O)[nH]c4=O)n[nH]c3=O)CC2(F)F)cc1C(F)(F)F. The Morgan fingerprint density at radius 1 is 1.22 bits per heavy atom. The summed E-state index contributed by atoms with van der Waals surface area (Å²) in [6.45, 7) is -2.09. The first-order valence-electron chi connectivity index (χ1n) is 10.0. The van der Waals surface area contributed by atoms with Gasteiger partial charge in [0.1, 0.15) is 18.4 Å². The van der Waals surface area contributed by atoms with Crippen LogP contribution in [0.15, 0.2) is 38.9 Å². The van der Waals surface area contributed by atoms with Crippen LogP contribution in [-0.2, 0) is 6.18 Å². The molecule has 3 N–H and O–H groups in total. The van der Waals surface area contributed by atoms with E-state index in [1.165, 1.54) is 6.07 Å². The molecule has 1 saturated heterocycles. The lowest BCUT2D eigenvalue weighted by Crippen LogP contribution is -2.32. The van der Waals surface area contributed by atoms with Crippen LogP contribution in [0.25, 0.3) is 11.3 Å². The minimum atomic E-state index is -4.88. The number of nitrogens with zero attached hydrogens (tertiary/aromatic N) is 4. The lowest BCUT2D eigenvalue weighted by Gasteiger charge is -2.18. The molecule has 0 aromatic carbocycles. The molecule has 0 spiro atoms. The van der Waals surface area contributed by atoms with Crippen LogP contribution in [0, 0.1) is 17.2 Å². The molecule has 16 heteroatoms. The molecule has 0 radical (unpaired) electrons. The Kier molecular flexibility index (Phi) is 6.08. The van der Waals surface area contributed by atoms with E-state index in [0.29, 0.717) is 12.3 Å². The van der Waals surface area contributed by atoms with Crippen LogP contribution in [0.5, 0.6) is 5.88 Å². The number of nitriles is 1. The molecule has 1 unspecified atom stereocenters. The Hall–Kier alpha value is -4.55. The number of alkyl halides is 5. The highest BCUT2D eigenvalue weighted by Gasteiger charge is 2.49. The molecule has 3 aromatic heterocycles. The lowest BCUT2D eigenvalue weighted by atomic mass is 10.1. The van der Waals surface area contributed by atoms with Crippen LogP contribution in [0.3, 0.4) is 0 Å². The van der Waals surface area contributed by atoms with Gasteiger partial charge in [-0.2, -0.15) is 23.5 Å². The van der Waals surface area contributed by atoms with E-state index in [1.807, 2.05) is 4.98 Å².